The lowest BCUT2D eigenvalue weighted by molar-refractivity contribution is 0.136. The summed E-state index contributed by atoms with van der Waals surface area (Å²) in [6.07, 6.45) is 1.92. The van der Waals surface area contributed by atoms with Gasteiger partial charge in [0.1, 0.15) is 5.82 Å². The van der Waals surface area contributed by atoms with Gasteiger partial charge in [-0.05, 0) is 26.0 Å². The summed E-state index contributed by atoms with van der Waals surface area (Å²) >= 11 is 3.51. The quantitative estimate of drug-likeness (QED) is 0.850. The fourth-order valence-corrected chi connectivity index (χ4v) is 3.15. The predicted molar refractivity (Wildman–Crippen MR) is 96.3 cm³/mol. The average Bonchev–Trinajstić information content (AvgIpc) is 2.91. The summed E-state index contributed by atoms with van der Waals surface area (Å²) in [4.78, 5) is 10.5. The number of aromatic nitrogens is 2. The van der Waals surface area contributed by atoms with Crippen molar-refractivity contribution in [1.82, 2.24) is 20.2 Å². The molecule has 0 aliphatic carbocycles. The van der Waals surface area contributed by atoms with Crippen LogP contribution in [0.15, 0.2) is 34.9 Å². The third-order valence-electron chi connectivity index (χ3n) is 4.01. The second-order valence-corrected chi connectivity index (χ2v) is 6.76. The Morgan fingerprint density at radius 2 is 2.18 bits per heavy atom. The van der Waals surface area contributed by atoms with Crippen molar-refractivity contribution in [3.63, 3.8) is 0 Å². The molecule has 0 radical (unpaired) electrons. The lowest BCUT2D eigenvalue weighted by atomic mass is 10.1. The highest BCUT2D eigenvalue weighted by molar-refractivity contribution is 9.10. The van der Waals surface area contributed by atoms with Gasteiger partial charge in [-0.1, -0.05) is 28.1 Å². The van der Waals surface area contributed by atoms with Crippen LogP contribution < -0.4 is 5.32 Å². The van der Waals surface area contributed by atoms with Crippen molar-refractivity contribution in [3.05, 3.63) is 40.8 Å². The number of imidazole rings is 1. The molecule has 2 atom stereocenters. The minimum atomic E-state index is 0. The van der Waals surface area contributed by atoms with Crippen molar-refractivity contribution in [1.29, 1.82) is 0 Å². The molecule has 2 unspecified atom stereocenters. The predicted octanol–water partition coefficient (Wildman–Crippen LogP) is 3.44. The Balaban J connectivity index is 0.00000176. The number of nitrogens with zero attached hydrogens (tertiary/aromatic N) is 2. The van der Waals surface area contributed by atoms with Crippen LogP contribution >= 0.6 is 28.3 Å². The number of rotatable bonds is 3. The van der Waals surface area contributed by atoms with E-state index in [0.717, 1.165) is 41.2 Å². The topological polar surface area (TPSA) is 44.0 Å². The van der Waals surface area contributed by atoms with Crippen LogP contribution in [0.3, 0.4) is 0 Å². The van der Waals surface area contributed by atoms with Gasteiger partial charge in [-0.2, -0.15) is 0 Å². The van der Waals surface area contributed by atoms with E-state index < -0.39 is 0 Å². The molecule has 0 amide bonds. The molecule has 0 bridgehead atoms. The Labute approximate surface area is 146 Å². The molecule has 3 rings (SSSR count). The van der Waals surface area contributed by atoms with Crippen LogP contribution in [0.2, 0.25) is 0 Å². The molecule has 22 heavy (non-hydrogen) atoms. The Morgan fingerprint density at radius 3 is 2.95 bits per heavy atom. The van der Waals surface area contributed by atoms with Crippen LogP contribution in [0.5, 0.6) is 0 Å². The first-order valence-electron chi connectivity index (χ1n) is 7.39. The number of halogens is 2. The highest BCUT2D eigenvalue weighted by atomic mass is 79.9. The minimum absolute atomic E-state index is 0. The zero-order chi connectivity index (χ0) is 14.8. The maximum absolute atomic E-state index is 4.54. The lowest BCUT2D eigenvalue weighted by Crippen LogP contribution is -2.53. The Bertz CT molecular complexity index is 616. The van der Waals surface area contributed by atoms with Crippen molar-refractivity contribution >= 4 is 28.3 Å². The van der Waals surface area contributed by atoms with E-state index in [9.17, 15) is 0 Å². The van der Waals surface area contributed by atoms with Crippen LogP contribution in [-0.4, -0.2) is 40.0 Å². The molecule has 0 spiro atoms. The molecule has 2 N–H and O–H groups in total. The van der Waals surface area contributed by atoms with Gasteiger partial charge in [-0.15, -0.1) is 12.4 Å². The number of hydrogen-bond donors (Lipinski definition) is 2. The van der Waals surface area contributed by atoms with Crippen molar-refractivity contribution in [2.24, 2.45) is 0 Å². The molecular weight excluding hydrogens is 364 g/mol. The van der Waals surface area contributed by atoms with E-state index in [-0.39, 0.29) is 12.4 Å². The van der Waals surface area contributed by atoms with Crippen LogP contribution in [0.25, 0.3) is 11.3 Å². The Kier molecular flexibility index (Phi) is 6.03. The lowest BCUT2D eigenvalue weighted by Gasteiger charge is -2.36. The number of H-pyrrole nitrogens is 1. The normalized spacial score (nSPS) is 22.3. The van der Waals surface area contributed by atoms with Crippen molar-refractivity contribution < 1.29 is 0 Å². The summed E-state index contributed by atoms with van der Waals surface area (Å²) in [6, 6.07) is 9.36. The second kappa shape index (κ2) is 7.59. The second-order valence-electron chi connectivity index (χ2n) is 5.84. The zero-order valence-corrected chi connectivity index (χ0v) is 15.2. The van der Waals surface area contributed by atoms with E-state index in [1.165, 1.54) is 0 Å². The highest BCUT2D eigenvalue weighted by Gasteiger charge is 2.23. The third-order valence-corrected chi connectivity index (χ3v) is 4.50. The molecule has 4 nitrogen and oxygen atoms in total. The molecule has 1 aromatic heterocycles. The first-order valence-corrected chi connectivity index (χ1v) is 8.18. The van der Waals surface area contributed by atoms with E-state index in [1.54, 1.807) is 0 Å². The molecule has 2 heterocycles. The van der Waals surface area contributed by atoms with Gasteiger partial charge in [0.2, 0.25) is 0 Å². The molecule has 1 aliphatic rings. The van der Waals surface area contributed by atoms with Gasteiger partial charge < -0.3 is 10.3 Å². The van der Waals surface area contributed by atoms with Crippen LogP contribution in [0.1, 0.15) is 19.7 Å². The fourth-order valence-electron chi connectivity index (χ4n) is 2.76. The van der Waals surface area contributed by atoms with E-state index in [4.69, 9.17) is 0 Å². The molecule has 1 aliphatic heterocycles. The van der Waals surface area contributed by atoms with Gasteiger partial charge in [0.05, 0.1) is 18.4 Å². The van der Waals surface area contributed by atoms with Gasteiger partial charge in [-0.3, -0.25) is 4.90 Å². The number of hydrogen-bond acceptors (Lipinski definition) is 3. The molecule has 120 valence electrons. The molecule has 1 saturated heterocycles. The van der Waals surface area contributed by atoms with E-state index in [2.05, 4.69) is 62.1 Å². The number of benzene rings is 1. The Hall–Kier alpha value is -0.880. The molecular formula is C16H22BrClN4. The first-order chi connectivity index (χ1) is 10.1. The summed E-state index contributed by atoms with van der Waals surface area (Å²) in [7, 11) is 0. The van der Waals surface area contributed by atoms with Crippen molar-refractivity contribution in [2.45, 2.75) is 32.5 Å². The summed E-state index contributed by atoms with van der Waals surface area (Å²) < 4.78 is 1.08. The number of piperazine rings is 1. The van der Waals surface area contributed by atoms with Gasteiger partial charge in [0.25, 0.3) is 0 Å². The largest absolute Gasteiger partial charge is 0.341 e. The standard InChI is InChI=1S/C16H21BrN4.ClH/c1-11-9-21(12(2)7-18-11)10-16-19-8-15(20-16)13-4-3-5-14(17)6-13;/h3-6,8,11-12,18H,7,9-10H2,1-2H3,(H,19,20);1H. The number of aromatic amines is 1. The monoisotopic (exact) mass is 384 g/mol. The van der Waals surface area contributed by atoms with Crippen molar-refractivity contribution in [2.75, 3.05) is 13.1 Å². The highest BCUT2D eigenvalue weighted by Crippen LogP contribution is 2.22. The fraction of sp³-hybridized carbons (Fsp3) is 0.438. The van der Waals surface area contributed by atoms with Crippen LogP contribution in [0.4, 0.5) is 0 Å². The van der Waals surface area contributed by atoms with E-state index >= 15 is 0 Å². The zero-order valence-electron chi connectivity index (χ0n) is 12.8. The van der Waals surface area contributed by atoms with Gasteiger partial charge >= 0.3 is 0 Å². The van der Waals surface area contributed by atoms with E-state index in [1.807, 2.05) is 18.3 Å². The molecule has 1 fully saturated rings. The smallest absolute Gasteiger partial charge is 0.120 e. The maximum atomic E-state index is 4.54. The SMILES string of the molecule is CC1CN(Cc2ncc(-c3cccc(Br)c3)[nH]2)C(C)CN1.Cl. The molecule has 6 heteroatoms. The molecule has 0 saturated carbocycles. The van der Waals surface area contributed by atoms with E-state index in [0.29, 0.717) is 12.1 Å². The van der Waals surface area contributed by atoms with Gasteiger partial charge in [-0.25, -0.2) is 4.98 Å². The first kappa shape index (κ1) is 17.5. The molecule has 2 aromatic rings. The average molecular weight is 386 g/mol. The maximum Gasteiger partial charge on any atom is 0.120 e. The van der Waals surface area contributed by atoms with Crippen molar-refractivity contribution in [3.8, 4) is 11.3 Å². The third kappa shape index (κ3) is 4.10. The number of nitrogens with one attached hydrogen (secondary N) is 2. The van der Waals surface area contributed by atoms with Gasteiger partial charge in [0.15, 0.2) is 0 Å². The van der Waals surface area contributed by atoms with Crippen LogP contribution in [0, 0.1) is 0 Å². The molecule has 1 aromatic carbocycles. The Morgan fingerprint density at radius 1 is 1.36 bits per heavy atom. The summed E-state index contributed by atoms with van der Waals surface area (Å²) in [6.45, 7) is 7.47. The van der Waals surface area contributed by atoms with Gasteiger partial charge in [0, 0.05) is 35.2 Å². The minimum Gasteiger partial charge on any atom is -0.341 e. The summed E-state index contributed by atoms with van der Waals surface area (Å²) in [5.74, 6) is 1.03. The summed E-state index contributed by atoms with van der Waals surface area (Å²) in [5.41, 5.74) is 2.23. The van der Waals surface area contributed by atoms with Crippen LogP contribution in [-0.2, 0) is 6.54 Å². The summed E-state index contributed by atoms with van der Waals surface area (Å²) in [5, 5.41) is 3.51.